The molecule has 0 aromatic heterocycles. The first kappa shape index (κ1) is 11.4. The van der Waals surface area contributed by atoms with Gasteiger partial charge in [-0.25, -0.2) is 0 Å². The second kappa shape index (κ2) is 4.81. The standard InChI is InChI=1S/C12H23NO2/c1-12(14,10-6-8-15-9-10)11-5-3-2-4-7-13-11/h10-11,13-14H,2-9H2,1H3. The molecule has 2 saturated heterocycles. The summed E-state index contributed by atoms with van der Waals surface area (Å²) in [5, 5.41) is 14.1. The second-order valence-electron chi connectivity index (χ2n) is 5.14. The van der Waals surface area contributed by atoms with Crippen LogP contribution in [0, 0.1) is 5.92 Å². The summed E-state index contributed by atoms with van der Waals surface area (Å²) in [4.78, 5) is 0. The molecule has 2 aliphatic rings. The van der Waals surface area contributed by atoms with Crippen molar-refractivity contribution >= 4 is 0 Å². The SMILES string of the molecule is CC(O)(C1CCOC1)C1CCCCCN1. The van der Waals surface area contributed by atoms with Crippen molar-refractivity contribution in [3.8, 4) is 0 Å². The molecule has 0 spiro atoms. The van der Waals surface area contributed by atoms with E-state index < -0.39 is 5.60 Å². The van der Waals surface area contributed by atoms with Crippen molar-refractivity contribution in [3.63, 3.8) is 0 Å². The van der Waals surface area contributed by atoms with Crippen molar-refractivity contribution < 1.29 is 9.84 Å². The summed E-state index contributed by atoms with van der Waals surface area (Å²) in [7, 11) is 0. The summed E-state index contributed by atoms with van der Waals surface area (Å²) < 4.78 is 5.38. The van der Waals surface area contributed by atoms with E-state index in [0.717, 1.165) is 32.6 Å². The van der Waals surface area contributed by atoms with E-state index in [4.69, 9.17) is 4.74 Å². The summed E-state index contributed by atoms with van der Waals surface area (Å²) >= 11 is 0. The Morgan fingerprint density at radius 2 is 2.13 bits per heavy atom. The maximum atomic E-state index is 10.6. The molecule has 0 aromatic rings. The maximum absolute atomic E-state index is 10.6. The Balaban J connectivity index is 1.98. The molecule has 3 nitrogen and oxygen atoms in total. The molecule has 88 valence electrons. The molecule has 3 heteroatoms. The van der Waals surface area contributed by atoms with Crippen LogP contribution in [0.4, 0.5) is 0 Å². The monoisotopic (exact) mass is 213 g/mol. The van der Waals surface area contributed by atoms with E-state index in [2.05, 4.69) is 5.32 Å². The molecule has 0 saturated carbocycles. The Morgan fingerprint density at radius 1 is 1.27 bits per heavy atom. The Labute approximate surface area is 92.2 Å². The lowest BCUT2D eigenvalue weighted by molar-refractivity contribution is -0.0384. The molecule has 2 aliphatic heterocycles. The lowest BCUT2D eigenvalue weighted by atomic mass is 9.80. The van der Waals surface area contributed by atoms with E-state index in [-0.39, 0.29) is 6.04 Å². The van der Waals surface area contributed by atoms with Crippen molar-refractivity contribution in [2.45, 2.75) is 50.7 Å². The molecule has 0 amide bonds. The van der Waals surface area contributed by atoms with Gasteiger partial charge in [0.2, 0.25) is 0 Å². The van der Waals surface area contributed by atoms with Crippen molar-refractivity contribution in [1.82, 2.24) is 5.32 Å². The molecule has 3 unspecified atom stereocenters. The fourth-order valence-corrected chi connectivity index (χ4v) is 2.81. The lowest BCUT2D eigenvalue weighted by Gasteiger charge is -2.37. The van der Waals surface area contributed by atoms with Gasteiger partial charge in [-0.3, -0.25) is 0 Å². The fraction of sp³-hybridized carbons (Fsp3) is 1.00. The van der Waals surface area contributed by atoms with Gasteiger partial charge in [-0.1, -0.05) is 12.8 Å². The second-order valence-corrected chi connectivity index (χ2v) is 5.14. The highest BCUT2D eigenvalue weighted by atomic mass is 16.5. The Kier molecular flexibility index (Phi) is 3.65. The first-order chi connectivity index (χ1) is 7.21. The molecule has 0 aromatic carbocycles. The summed E-state index contributed by atoms with van der Waals surface area (Å²) in [5.41, 5.74) is -0.596. The van der Waals surface area contributed by atoms with Crippen molar-refractivity contribution in [3.05, 3.63) is 0 Å². The molecule has 2 rings (SSSR count). The Bertz CT molecular complexity index is 192. The molecule has 0 bridgehead atoms. The quantitative estimate of drug-likeness (QED) is 0.726. The van der Waals surface area contributed by atoms with Crippen LogP contribution in [0.3, 0.4) is 0 Å². The maximum Gasteiger partial charge on any atom is 0.0822 e. The van der Waals surface area contributed by atoms with Gasteiger partial charge < -0.3 is 15.2 Å². The van der Waals surface area contributed by atoms with Gasteiger partial charge in [0.15, 0.2) is 0 Å². The zero-order valence-corrected chi connectivity index (χ0v) is 9.67. The highest BCUT2D eigenvalue weighted by Crippen LogP contribution is 2.31. The van der Waals surface area contributed by atoms with Gasteiger partial charge in [-0.05, 0) is 32.7 Å². The zero-order valence-electron chi connectivity index (χ0n) is 9.67. The molecule has 2 N–H and O–H groups in total. The van der Waals surface area contributed by atoms with Crippen molar-refractivity contribution in [2.24, 2.45) is 5.92 Å². The summed E-state index contributed by atoms with van der Waals surface area (Å²) in [5.74, 6) is 0.313. The van der Waals surface area contributed by atoms with Crippen LogP contribution in [0.5, 0.6) is 0 Å². The highest BCUT2D eigenvalue weighted by Gasteiger charge is 2.41. The normalized spacial score (nSPS) is 37.2. The third-order valence-corrected chi connectivity index (χ3v) is 4.02. The molecule has 0 aliphatic carbocycles. The number of aliphatic hydroxyl groups is 1. The van der Waals surface area contributed by atoms with Gasteiger partial charge in [0.1, 0.15) is 0 Å². The smallest absolute Gasteiger partial charge is 0.0822 e. The van der Waals surface area contributed by atoms with E-state index in [1.54, 1.807) is 0 Å². The van der Waals surface area contributed by atoms with Crippen LogP contribution in [0.2, 0.25) is 0 Å². The van der Waals surface area contributed by atoms with Crippen molar-refractivity contribution in [2.75, 3.05) is 19.8 Å². The van der Waals surface area contributed by atoms with Gasteiger partial charge in [0.25, 0.3) is 0 Å². The highest BCUT2D eigenvalue weighted by molar-refractivity contribution is 4.95. The molecule has 3 atom stereocenters. The van der Waals surface area contributed by atoms with Gasteiger partial charge in [-0.2, -0.15) is 0 Å². The van der Waals surface area contributed by atoms with Crippen LogP contribution in [0.25, 0.3) is 0 Å². The largest absolute Gasteiger partial charge is 0.388 e. The van der Waals surface area contributed by atoms with Crippen LogP contribution in [-0.4, -0.2) is 36.5 Å². The van der Waals surface area contributed by atoms with Crippen molar-refractivity contribution in [1.29, 1.82) is 0 Å². The van der Waals surface area contributed by atoms with E-state index >= 15 is 0 Å². The third kappa shape index (κ3) is 2.52. The van der Waals surface area contributed by atoms with E-state index in [1.165, 1.54) is 19.3 Å². The number of rotatable bonds is 2. The number of hydrogen-bond donors (Lipinski definition) is 2. The van der Waals surface area contributed by atoms with E-state index in [1.807, 2.05) is 6.92 Å². The van der Waals surface area contributed by atoms with E-state index in [0.29, 0.717) is 5.92 Å². The van der Waals surface area contributed by atoms with Gasteiger partial charge >= 0.3 is 0 Å². The summed E-state index contributed by atoms with van der Waals surface area (Å²) in [6, 6.07) is 0.256. The lowest BCUT2D eigenvalue weighted by Crippen LogP contribution is -2.53. The fourth-order valence-electron chi connectivity index (χ4n) is 2.81. The van der Waals surface area contributed by atoms with Gasteiger partial charge in [0.05, 0.1) is 12.2 Å². The topological polar surface area (TPSA) is 41.5 Å². The number of hydrogen-bond acceptors (Lipinski definition) is 3. The van der Waals surface area contributed by atoms with Crippen LogP contribution < -0.4 is 5.32 Å². The zero-order chi connectivity index (χ0) is 10.7. The molecule has 2 fully saturated rings. The molecule has 15 heavy (non-hydrogen) atoms. The predicted octanol–water partition coefficient (Wildman–Crippen LogP) is 1.31. The van der Waals surface area contributed by atoms with Crippen LogP contribution in [0.15, 0.2) is 0 Å². The predicted molar refractivity (Wildman–Crippen MR) is 59.8 cm³/mol. The third-order valence-electron chi connectivity index (χ3n) is 4.02. The minimum absolute atomic E-state index is 0.256. The summed E-state index contributed by atoms with van der Waals surface area (Å²) in [6.45, 7) is 4.57. The average Bonchev–Trinajstić information content (AvgIpc) is 2.61. The van der Waals surface area contributed by atoms with Gasteiger partial charge in [0, 0.05) is 18.6 Å². The molecular weight excluding hydrogens is 190 g/mol. The number of ether oxygens (including phenoxy) is 1. The van der Waals surface area contributed by atoms with E-state index in [9.17, 15) is 5.11 Å². The average molecular weight is 213 g/mol. The Morgan fingerprint density at radius 3 is 2.87 bits per heavy atom. The molecule has 2 heterocycles. The summed E-state index contributed by atoms with van der Waals surface area (Å²) in [6.07, 6.45) is 5.88. The first-order valence-electron chi connectivity index (χ1n) is 6.25. The molecular formula is C12H23NO2. The number of nitrogens with one attached hydrogen (secondary N) is 1. The Hall–Kier alpha value is -0.120. The minimum atomic E-state index is -0.596. The van der Waals surface area contributed by atoms with Gasteiger partial charge in [-0.15, -0.1) is 0 Å². The van der Waals surface area contributed by atoms with Crippen LogP contribution in [-0.2, 0) is 4.74 Å². The molecule has 0 radical (unpaired) electrons. The van der Waals surface area contributed by atoms with Crippen LogP contribution >= 0.6 is 0 Å². The van der Waals surface area contributed by atoms with Crippen LogP contribution in [0.1, 0.15) is 39.0 Å². The minimum Gasteiger partial charge on any atom is -0.388 e. The first-order valence-corrected chi connectivity index (χ1v) is 6.25.